The number of aromatic nitrogens is 2. The van der Waals surface area contributed by atoms with Crippen LogP contribution in [0.1, 0.15) is 0 Å². The maximum atomic E-state index is 13.7. The summed E-state index contributed by atoms with van der Waals surface area (Å²) >= 11 is 4.72. The largest absolute Gasteiger partial charge is 0.497 e. The van der Waals surface area contributed by atoms with Gasteiger partial charge in [-0.05, 0) is 64.5 Å². The minimum absolute atomic E-state index is 0.238. The molecule has 196 valence electrons. The van der Waals surface area contributed by atoms with Crippen LogP contribution in [0.3, 0.4) is 0 Å². The maximum absolute atomic E-state index is 13.7. The van der Waals surface area contributed by atoms with E-state index in [0.29, 0.717) is 33.8 Å². The second-order valence-corrected chi connectivity index (χ2v) is 12.4. The molecular weight excluding hydrogens is 588 g/mol. The molecule has 0 radical (unpaired) electrons. The Bertz CT molecular complexity index is 1590. The summed E-state index contributed by atoms with van der Waals surface area (Å²) in [7, 11) is -2.04. The first-order valence-corrected chi connectivity index (χ1v) is 14.9. The number of benzene rings is 3. The van der Waals surface area contributed by atoms with Gasteiger partial charge in [-0.1, -0.05) is 42.1 Å². The third-order valence-corrected chi connectivity index (χ3v) is 10.2. The van der Waals surface area contributed by atoms with Gasteiger partial charge in [-0.15, -0.1) is 0 Å². The summed E-state index contributed by atoms with van der Waals surface area (Å²) in [6.45, 7) is 1.43. The van der Waals surface area contributed by atoms with Crippen molar-refractivity contribution >= 4 is 43.4 Å². The fraction of sp³-hybridized carbons (Fsp3) is 0.185. The van der Waals surface area contributed by atoms with E-state index in [1.165, 1.54) is 20.7 Å². The molecule has 0 saturated carbocycles. The van der Waals surface area contributed by atoms with E-state index in [1.54, 1.807) is 37.6 Å². The summed E-state index contributed by atoms with van der Waals surface area (Å²) in [5.41, 5.74) is 1.11. The second-order valence-electron chi connectivity index (χ2n) is 8.51. The third kappa shape index (κ3) is 5.37. The zero-order valence-corrected chi connectivity index (χ0v) is 23.7. The van der Waals surface area contributed by atoms with E-state index in [9.17, 15) is 13.2 Å². The molecule has 0 atom stereocenters. The smallest absolute Gasteiger partial charge is 0.287 e. The number of ether oxygens (including phenoxy) is 1. The fourth-order valence-electron chi connectivity index (χ4n) is 4.23. The minimum Gasteiger partial charge on any atom is -0.497 e. The Labute approximate surface area is 234 Å². The molecule has 5 rings (SSSR count). The number of rotatable bonds is 7. The first kappa shape index (κ1) is 26.5. The quantitative estimate of drug-likeness (QED) is 0.300. The van der Waals surface area contributed by atoms with Gasteiger partial charge in [-0.3, -0.25) is 4.79 Å². The van der Waals surface area contributed by atoms with Gasteiger partial charge in [0.05, 0.1) is 29.6 Å². The summed E-state index contributed by atoms with van der Waals surface area (Å²) in [6.07, 6.45) is 1.69. The summed E-state index contributed by atoms with van der Waals surface area (Å²) in [4.78, 5) is 17.4. The zero-order valence-electron chi connectivity index (χ0n) is 20.5. The predicted octanol–water partition coefficient (Wildman–Crippen LogP) is 4.67. The Morgan fingerprint density at radius 2 is 1.55 bits per heavy atom. The molecule has 4 aromatic rings. The Morgan fingerprint density at radius 1 is 0.895 bits per heavy atom. The molecular formula is C27H25BrN4O4S2. The zero-order chi connectivity index (χ0) is 26.7. The van der Waals surface area contributed by atoms with Crippen molar-refractivity contribution in [2.45, 2.75) is 14.7 Å². The molecule has 11 heteroatoms. The van der Waals surface area contributed by atoms with Crippen molar-refractivity contribution in [3.8, 4) is 11.4 Å². The standard InChI is InChI=1S/C27H25BrN4O4S2/c1-36-21-11-13-22(14-12-21)37-26-24(19-29-32(27(26)33)20-7-3-2-4-8-20)30-15-17-31(18-16-30)38(34,35)25-10-6-5-9-23(25)28/h2-14,19H,15-18H2,1H3. The van der Waals surface area contributed by atoms with Crippen LogP contribution in [0.5, 0.6) is 5.75 Å². The highest BCUT2D eigenvalue weighted by molar-refractivity contribution is 9.10. The van der Waals surface area contributed by atoms with Crippen LogP contribution >= 0.6 is 27.7 Å². The van der Waals surface area contributed by atoms with E-state index in [2.05, 4.69) is 21.0 Å². The van der Waals surface area contributed by atoms with Crippen LogP contribution < -0.4 is 15.2 Å². The highest BCUT2D eigenvalue weighted by Crippen LogP contribution is 2.34. The summed E-state index contributed by atoms with van der Waals surface area (Å²) < 4.78 is 35.2. The third-order valence-electron chi connectivity index (χ3n) is 6.23. The second kappa shape index (κ2) is 11.3. The average molecular weight is 614 g/mol. The van der Waals surface area contributed by atoms with Gasteiger partial charge in [0.15, 0.2) is 0 Å². The lowest BCUT2D eigenvalue weighted by atomic mass is 10.3. The van der Waals surface area contributed by atoms with E-state index in [0.717, 1.165) is 10.6 Å². The topological polar surface area (TPSA) is 84.7 Å². The van der Waals surface area contributed by atoms with Crippen molar-refractivity contribution in [1.29, 1.82) is 0 Å². The number of halogens is 1. The van der Waals surface area contributed by atoms with Crippen LogP contribution in [-0.4, -0.2) is 55.8 Å². The molecule has 1 fully saturated rings. The van der Waals surface area contributed by atoms with Crippen LogP contribution in [0.4, 0.5) is 5.69 Å². The number of hydrogen-bond acceptors (Lipinski definition) is 7. The molecule has 1 aliphatic rings. The fourth-order valence-corrected chi connectivity index (χ4v) is 7.58. The molecule has 1 aromatic heterocycles. The van der Waals surface area contributed by atoms with E-state index >= 15 is 0 Å². The normalized spacial score (nSPS) is 14.4. The van der Waals surface area contributed by atoms with Crippen LogP contribution in [0.25, 0.3) is 5.69 Å². The van der Waals surface area contributed by atoms with Crippen LogP contribution in [0.15, 0.2) is 109 Å². The molecule has 0 unspecified atom stereocenters. The maximum Gasteiger partial charge on any atom is 0.287 e. The summed E-state index contributed by atoms with van der Waals surface area (Å²) in [6, 6.07) is 23.6. The van der Waals surface area contributed by atoms with E-state index < -0.39 is 10.0 Å². The lowest BCUT2D eigenvalue weighted by molar-refractivity contribution is 0.383. The van der Waals surface area contributed by atoms with Crippen LogP contribution in [0.2, 0.25) is 0 Å². The van der Waals surface area contributed by atoms with E-state index in [-0.39, 0.29) is 23.5 Å². The van der Waals surface area contributed by atoms with Crippen molar-refractivity contribution in [2.75, 3.05) is 38.2 Å². The Morgan fingerprint density at radius 3 is 2.21 bits per heavy atom. The SMILES string of the molecule is COc1ccc(Sc2c(N3CCN(S(=O)(=O)c4ccccc4Br)CC3)cnn(-c3ccccc3)c2=O)cc1. The molecule has 0 bridgehead atoms. The van der Waals surface area contributed by atoms with Crippen molar-refractivity contribution in [1.82, 2.24) is 14.1 Å². The van der Waals surface area contributed by atoms with Gasteiger partial charge in [0, 0.05) is 35.5 Å². The van der Waals surface area contributed by atoms with Gasteiger partial charge in [-0.2, -0.15) is 14.1 Å². The van der Waals surface area contributed by atoms with Crippen LogP contribution in [-0.2, 0) is 10.0 Å². The highest BCUT2D eigenvalue weighted by Gasteiger charge is 2.31. The molecule has 0 spiro atoms. The van der Waals surface area contributed by atoms with Gasteiger partial charge in [-0.25, -0.2) is 8.42 Å². The first-order chi connectivity index (χ1) is 18.4. The first-order valence-electron chi connectivity index (χ1n) is 11.9. The number of sulfonamides is 1. The van der Waals surface area contributed by atoms with E-state index in [4.69, 9.17) is 4.74 Å². The van der Waals surface area contributed by atoms with E-state index in [1.807, 2.05) is 59.5 Å². The number of piperazine rings is 1. The number of anilines is 1. The van der Waals surface area contributed by atoms with Crippen molar-refractivity contribution < 1.29 is 13.2 Å². The summed E-state index contributed by atoms with van der Waals surface area (Å²) in [5.74, 6) is 0.730. The molecule has 1 saturated heterocycles. The van der Waals surface area contributed by atoms with Crippen molar-refractivity contribution in [3.63, 3.8) is 0 Å². The summed E-state index contributed by atoms with van der Waals surface area (Å²) in [5, 5.41) is 4.47. The van der Waals surface area contributed by atoms with Crippen molar-refractivity contribution in [2.24, 2.45) is 0 Å². The highest BCUT2D eigenvalue weighted by atomic mass is 79.9. The van der Waals surface area contributed by atoms with Gasteiger partial charge in [0.2, 0.25) is 10.0 Å². The monoisotopic (exact) mass is 612 g/mol. The van der Waals surface area contributed by atoms with Crippen molar-refractivity contribution in [3.05, 3.63) is 99.9 Å². The number of hydrogen-bond donors (Lipinski definition) is 0. The lowest BCUT2D eigenvalue weighted by Crippen LogP contribution is -2.49. The van der Waals surface area contributed by atoms with Gasteiger partial charge in [0.25, 0.3) is 5.56 Å². The number of methoxy groups -OCH3 is 1. The Hall–Kier alpha value is -3.12. The molecule has 1 aliphatic heterocycles. The lowest BCUT2D eigenvalue weighted by Gasteiger charge is -2.36. The molecule has 3 aromatic carbocycles. The molecule has 2 heterocycles. The predicted molar refractivity (Wildman–Crippen MR) is 152 cm³/mol. The van der Waals surface area contributed by atoms with Gasteiger partial charge in [0.1, 0.15) is 10.6 Å². The van der Waals surface area contributed by atoms with Gasteiger partial charge < -0.3 is 9.64 Å². The number of nitrogens with zero attached hydrogens (tertiary/aromatic N) is 4. The average Bonchev–Trinajstić information content (AvgIpc) is 2.95. The van der Waals surface area contributed by atoms with Gasteiger partial charge >= 0.3 is 0 Å². The number of para-hydroxylation sites is 1. The molecule has 8 nitrogen and oxygen atoms in total. The molecule has 0 aliphatic carbocycles. The minimum atomic E-state index is -3.65. The molecule has 0 N–H and O–H groups in total. The molecule has 0 amide bonds. The molecule has 38 heavy (non-hydrogen) atoms. The Balaban J connectivity index is 1.46. The Kier molecular flexibility index (Phi) is 7.89. The van der Waals surface area contributed by atoms with Crippen LogP contribution in [0, 0.1) is 0 Å².